The summed E-state index contributed by atoms with van der Waals surface area (Å²) in [4.78, 5) is 7.07. The van der Waals surface area contributed by atoms with Crippen molar-refractivity contribution in [1.29, 1.82) is 0 Å². The van der Waals surface area contributed by atoms with Crippen LogP contribution in [0.2, 0.25) is 0 Å². The third-order valence-corrected chi connectivity index (χ3v) is 6.19. The molecule has 1 atom stereocenters. The van der Waals surface area contributed by atoms with Crippen molar-refractivity contribution in [1.82, 2.24) is 14.7 Å². The second kappa shape index (κ2) is 10.4. The quantitative estimate of drug-likeness (QED) is 0.510. The lowest BCUT2D eigenvalue weighted by Gasteiger charge is -2.48. The predicted molar refractivity (Wildman–Crippen MR) is 113 cm³/mol. The number of rotatable bonds is 12. The molecule has 2 rings (SSSR count). The number of allylic oxidation sites excluding steroid dienone is 2. The Morgan fingerprint density at radius 1 is 1.15 bits per heavy atom. The van der Waals surface area contributed by atoms with Crippen molar-refractivity contribution in [3.63, 3.8) is 0 Å². The minimum absolute atomic E-state index is 0.0589. The zero-order valence-electron chi connectivity index (χ0n) is 17.4. The van der Waals surface area contributed by atoms with Crippen molar-refractivity contribution < 1.29 is 10.2 Å². The molecule has 0 radical (unpaired) electrons. The van der Waals surface area contributed by atoms with Crippen LogP contribution in [0.1, 0.15) is 32.6 Å². The van der Waals surface area contributed by atoms with E-state index in [-0.39, 0.29) is 18.6 Å². The first-order valence-corrected chi connectivity index (χ1v) is 10.3. The van der Waals surface area contributed by atoms with Crippen LogP contribution in [0.25, 0.3) is 0 Å². The van der Waals surface area contributed by atoms with Crippen LogP contribution < -0.4 is 0 Å². The van der Waals surface area contributed by atoms with Gasteiger partial charge in [-0.05, 0) is 51.8 Å². The van der Waals surface area contributed by atoms with Gasteiger partial charge in [0.05, 0.1) is 13.2 Å². The van der Waals surface area contributed by atoms with Crippen LogP contribution in [0.4, 0.5) is 0 Å². The Kier molecular flexibility index (Phi) is 8.55. The molecule has 5 heteroatoms. The Morgan fingerprint density at radius 3 is 2.37 bits per heavy atom. The summed E-state index contributed by atoms with van der Waals surface area (Å²) in [5.41, 5.74) is 1.81. The van der Waals surface area contributed by atoms with Crippen molar-refractivity contribution in [2.45, 2.75) is 38.6 Å². The fourth-order valence-electron chi connectivity index (χ4n) is 3.93. The summed E-state index contributed by atoms with van der Waals surface area (Å²) in [6, 6.07) is 0.642. The number of hydrogen-bond acceptors (Lipinski definition) is 5. The predicted octanol–water partition coefficient (Wildman–Crippen LogP) is 2.10. The number of likely N-dealkylation sites (tertiary alicyclic amines) is 2. The van der Waals surface area contributed by atoms with Gasteiger partial charge < -0.3 is 24.9 Å². The highest BCUT2D eigenvalue weighted by Gasteiger charge is 2.41. The van der Waals surface area contributed by atoms with E-state index >= 15 is 0 Å². The zero-order chi connectivity index (χ0) is 19.9. The standard InChI is InChI=1S/C22H39N3O2/c1-19(9-14-24-15-22(16-24,17-26)18-27)7-8-20(2)23(4)13-10-21(3)25-11-5-6-12-25/h7-8,21,26-27H,1-2,5-6,9-18H2,3-4H3/b8-7-. The van der Waals surface area contributed by atoms with E-state index in [1.54, 1.807) is 0 Å². The Hall–Kier alpha value is -1.14. The van der Waals surface area contributed by atoms with E-state index in [0.717, 1.165) is 50.3 Å². The molecule has 5 nitrogen and oxygen atoms in total. The molecular weight excluding hydrogens is 338 g/mol. The smallest absolute Gasteiger partial charge is 0.0534 e. The Bertz CT molecular complexity index is 514. The lowest BCUT2D eigenvalue weighted by atomic mass is 9.81. The van der Waals surface area contributed by atoms with Gasteiger partial charge >= 0.3 is 0 Å². The maximum atomic E-state index is 9.34. The molecule has 0 bridgehead atoms. The molecule has 0 spiro atoms. The first-order valence-electron chi connectivity index (χ1n) is 10.3. The van der Waals surface area contributed by atoms with E-state index in [1.807, 2.05) is 0 Å². The highest BCUT2D eigenvalue weighted by atomic mass is 16.3. The van der Waals surface area contributed by atoms with Gasteiger partial charge in [0.1, 0.15) is 0 Å². The van der Waals surface area contributed by atoms with E-state index in [1.165, 1.54) is 25.9 Å². The van der Waals surface area contributed by atoms with Gasteiger partial charge in [0.2, 0.25) is 0 Å². The minimum atomic E-state index is -0.291. The van der Waals surface area contributed by atoms with Gasteiger partial charge in [-0.15, -0.1) is 0 Å². The highest BCUT2D eigenvalue weighted by molar-refractivity contribution is 5.23. The van der Waals surface area contributed by atoms with E-state index in [9.17, 15) is 10.2 Å². The SMILES string of the molecule is C=C(/C=C\C(=C)N(C)CCC(C)N1CCCC1)CCN1CC(CO)(CO)C1. The molecule has 0 amide bonds. The van der Waals surface area contributed by atoms with E-state index in [4.69, 9.17) is 0 Å². The molecule has 27 heavy (non-hydrogen) atoms. The number of likely N-dealkylation sites (N-methyl/N-ethyl adjacent to an activating group) is 1. The Balaban J connectivity index is 1.62. The largest absolute Gasteiger partial charge is 0.396 e. The molecule has 2 heterocycles. The summed E-state index contributed by atoms with van der Waals surface area (Å²) in [6.07, 6.45) is 8.87. The monoisotopic (exact) mass is 377 g/mol. The van der Waals surface area contributed by atoms with Gasteiger partial charge in [-0.3, -0.25) is 0 Å². The number of aliphatic hydroxyl groups excluding tert-OH is 2. The molecule has 2 fully saturated rings. The van der Waals surface area contributed by atoms with E-state index in [2.05, 4.69) is 54.0 Å². The summed E-state index contributed by atoms with van der Waals surface area (Å²) in [5, 5.41) is 18.7. The Labute approximate surface area is 165 Å². The van der Waals surface area contributed by atoms with E-state index in [0.29, 0.717) is 6.04 Å². The summed E-state index contributed by atoms with van der Waals surface area (Å²) in [6.45, 7) is 16.7. The molecule has 0 aromatic heterocycles. The average molecular weight is 378 g/mol. The van der Waals surface area contributed by atoms with Gasteiger partial charge in [-0.2, -0.15) is 0 Å². The maximum absolute atomic E-state index is 9.34. The van der Waals surface area contributed by atoms with Gasteiger partial charge in [0.15, 0.2) is 0 Å². The molecule has 0 aromatic rings. The molecule has 0 aromatic carbocycles. The molecule has 2 aliphatic rings. The van der Waals surface area contributed by atoms with Crippen LogP contribution in [0.15, 0.2) is 36.6 Å². The van der Waals surface area contributed by atoms with Crippen LogP contribution in [0.3, 0.4) is 0 Å². The Morgan fingerprint density at radius 2 is 1.78 bits per heavy atom. The lowest BCUT2D eigenvalue weighted by molar-refractivity contribution is -0.0738. The molecule has 0 aliphatic carbocycles. The van der Waals surface area contributed by atoms with Crippen LogP contribution >= 0.6 is 0 Å². The second-order valence-electron chi connectivity index (χ2n) is 8.56. The van der Waals surface area contributed by atoms with E-state index < -0.39 is 0 Å². The fourth-order valence-corrected chi connectivity index (χ4v) is 3.93. The molecule has 2 aliphatic heterocycles. The van der Waals surface area contributed by atoms with Gasteiger partial charge in [0.25, 0.3) is 0 Å². The zero-order valence-corrected chi connectivity index (χ0v) is 17.4. The molecule has 2 N–H and O–H groups in total. The highest BCUT2D eigenvalue weighted by Crippen LogP contribution is 2.29. The summed E-state index contributed by atoms with van der Waals surface area (Å²) < 4.78 is 0. The minimum Gasteiger partial charge on any atom is -0.396 e. The first-order chi connectivity index (χ1) is 12.9. The van der Waals surface area contributed by atoms with Crippen molar-refractivity contribution >= 4 is 0 Å². The number of nitrogens with zero attached hydrogens (tertiary/aromatic N) is 3. The van der Waals surface area contributed by atoms with Gasteiger partial charge in [0, 0.05) is 50.4 Å². The topological polar surface area (TPSA) is 50.2 Å². The van der Waals surface area contributed by atoms with Crippen molar-refractivity contribution in [2.75, 3.05) is 59.5 Å². The van der Waals surface area contributed by atoms with Gasteiger partial charge in [-0.1, -0.05) is 24.8 Å². The van der Waals surface area contributed by atoms with Crippen molar-refractivity contribution in [2.24, 2.45) is 5.41 Å². The second-order valence-corrected chi connectivity index (χ2v) is 8.56. The molecule has 2 saturated heterocycles. The molecule has 154 valence electrons. The van der Waals surface area contributed by atoms with Crippen molar-refractivity contribution in [3.8, 4) is 0 Å². The number of hydrogen-bond donors (Lipinski definition) is 2. The van der Waals surface area contributed by atoms with Crippen molar-refractivity contribution in [3.05, 3.63) is 36.6 Å². The molecule has 0 saturated carbocycles. The summed E-state index contributed by atoms with van der Waals surface area (Å²) in [5.74, 6) is 0. The fraction of sp³-hybridized carbons (Fsp3) is 0.727. The molecule has 1 unspecified atom stereocenters. The van der Waals surface area contributed by atoms with Crippen LogP contribution in [0.5, 0.6) is 0 Å². The molecular formula is C22H39N3O2. The first kappa shape index (κ1) is 22.2. The number of aliphatic hydroxyl groups is 2. The average Bonchev–Trinajstić information content (AvgIpc) is 3.18. The summed E-state index contributed by atoms with van der Waals surface area (Å²) >= 11 is 0. The van der Waals surface area contributed by atoms with Crippen LogP contribution in [-0.2, 0) is 0 Å². The van der Waals surface area contributed by atoms with Crippen LogP contribution in [-0.4, -0.2) is 90.5 Å². The lowest BCUT2D eigenvalue weighted by Crippen LogP contribution is -2.60. The third-order valence-electron chi connectivity index (χ3n) is 6.19. The normalized spacial score (nSPS) is 21.3. The summed E-state index contributed by atoms with van der Waals surface area (Å²) in [7, 11) is 2.11. The van der Waals surface area contributed by atoms with Crippen LogP contribution in [0, 0.1) is 5.41 Å². The van der Waals surface area contributed by atoms with Gasteiger partial charge in [-0.25, -0.2) is 0 Å². The maximum Gasteiger partial charge on any atom is 0.0534 e. The third kappa shape index (κ3) is 6.46.